The number of furan rings is 1. The van der Waals surface area contributed by atoms with Crippen molar-refractivity contribution < 1.29 is 9.21 Å². The molecule has 4 heterocycles. The Hall–Kier alpha value is -3.42. The highest BCUT2D eigenvalue weighted by Crippen LogP contribution is 2.37. The van der Waals surface area contributed by atoms with Crippen LogP contribution in [0.4, 0.5) is 5.82 Å². The molecule has 0 bridgehead atoms. The molecule has 0 aliphatic carbocycles. The van der Waals surface area contributed by atoms with Gasteiger partial charge in [-0.05, 0) is 74.1 Å². The maximum absolute atomic E-state index is 13.3. The summed E-state index contributed by atoms with van der Waals surface area (Å²) in [4.78, 5) is 23.1. The zero-order chi connectivity index (χ0) is 26.1. The monoisotopic (exact) mass is 539 g/mol. The molecule has 2 saturated heterocycles. The second-order valence-corrected chi connectivity index (χ2v) is 11.7. The van der Waals surface area contributed by atoms with Gasteiger partial charge in [0.2, 0.25) is 0 Å². The second-order valence-electron chi connectivity index (χ2n) is 10.1. The number of carbonyl (C=O) groups is 1. The molecular weight excluding hydrogens is 510 g/mol. The molecule has 4 aromatic rings. The van der Waals surface area contributed by atoms with Crippen molar-refractivity contribution in [2.45, 2.75) is 32.7 Å². The predicted octanol–water partition coefficient (Wildman–Crippen LogP) is 7.00. The average molecular weight is 540 g/mol. The van der Waals surface area contributed by atoms with Gasteiger partial charge < -0.3 is 9.32 Å². The normalized spacial score (nSPS) is 17.8. The number of nitrogens with zero attached hydrogens (tertiary/aromatic N) is 3. The molecule has 1 amide bonds. The van der Waals surface area contributed by atoms with Crippen LogP contribution in [0.3, 0.4) is 0 Å². The molecule has 0 saturated carbocycles. The topological polar surface area (TPSA) is 49.6 Å². The van der Waals surface area contributed by atoms with E-state index in [0.717, 1.165) is 54.6 Å². The lowest BCUT2D eigenvalue weighted by Crippen LogP contribution is -2.35. The SMILES string of the molecule is Cc1ccc2nc(N3CCC(Cc4ccccc4)CC3)c(/C=C3\SC(=S)N(Cc4ccco4)C3=O)cc2c1. The van der Waals surface area contributed by atoms with Gasteiger partial charge in [0, 0.05) is 24.0 Å². The number of hydrogen-bond acceptors (Lipinski definition) is 6. The minimum absolute atomic E-state index is 0.0896. The smallest absolute Gasteiger partial charge is 0.266 e. The zero-order valence-electron chi connectivity index (χ0n) is 21.3. The van der Waals surface area contributed by atoms with Gasteiger partial charge in [-0.25, -0.2) is 4.98 Å². The average Bonchev–Trinajstić information content (AvgIpc) is 3.53. The van der Waals surface area contributed by atoms with Crippen LogP contribution in [-0.2, 0) is 17.8 Å². The van der Waals surface area contributed by atoms with E-state index in [9.17, 15) is 4.79 Å². The molecular formula is C31H29N3O2S2. The van der Waals surface area contributed by atoms with Gasteiger partial charge in [-0.1, -0.05) is 65.9 Å². The summed E-state index contributed by atoms with van der Waals surface area (Å²) < 4.78 is 6.00. The Bertz CT molecular complexity index is 1510. The largest absolute Gasteiger partial charge is 0.467 e. The summed E-state index contributed by atoms with van der Waals surface area (Å²) in [6, 6.07) is 22.9. The summed E-state index contributed by atoms with van der Waals surface area (Å²) in [6.07, 6.45) is 6.94. The molecule has 6 rings (SSSR count). The number of aryl methyl sites for hydroxylation is 1. The Labute approximate surface area is 232 Å². The van der Waals surface area contributed by atoms with E-state index in [2.05, 4.69) is 66.4 Å². The van der Waals surface area contributed by atoms with E-state index in [1.54, 1.807) is 11.2 Å². The molecule has 0 spiro atoms. The van der Waals surface area contributed by atoms with E-state index in [-0.39, 0.29) is 5.91 Å². The number of amides is 1. The summed E-state index contributed by atoms with van der Waals surface area (Å²) in [6.45, 7) is 4.32. The summed E-state index contributed by atoms with van der Waals surface area (Å²) >= 11 is 6.91. The van der Waals surface area contributed by atoms with Crippen LogP contribution < -0.4 is 4.90 Å². The fraction of sp³-hybridized carbons (Fsp3) is 0.258. The Kier molecular flexibility index (Phi) is 7.04. The van der Waals surface area contributed by atoms with Gasteiger partial charge in [0.15, 0.2) is 0 Å². The summed E-state index contributed by atoms with van der Waals surface area (Å²) in [5, 5.41) is 1.07. The van der Waals surface area contributed by atoms with Gasteiger partial charge in [0.25, 0.3) is 5.91 Å². The van der Waals surface area contributed by atoms with Crippen molar-refractivity contribution in [3.63, 3.8) is 0 Å². The summed E-state index contributed by atoms with van der Waals surface area (Å²) in [5.74, 6) is 2.23. The Balaban J connectivity index is 1.28. The highest BCUT2D eigenvalue weighted by atomic mass is 32.2. The Morgan fingerprint density at radius 2 is 1.89 bits per heavy atom. The minimum atomic E-state index is -0.0896. The third kappa shape index (κ3) is 5.26. The number of aromatic nitrogens is 1. The maximum atomic E-state index is 13.3. The quantitative estimate of drug-likeness (QED) is 0.194. The van der Waals surface area contributed by atoms with Crippen LogP contribution in [0.2, 0.25) is 0 Å². The van der Waals surface area contributed by atoms with Crippen molar-refractivity contribution in [3.05, 3.63) is 100 Å². The zero-order valence-corrected chi connectivity index (χ0v) is 22.9. The first kappa shape index (κ1) is 24.9. The predicted molar refractivity (Wildman–Crippen MR) is 159 cm³/mol. The number of thioether (sulfide) groups is 1. The molecule has 0 atom stereocenters. The van der Waals surface area contributed by atoms with Crippen LogP contribution in [0.1, 0.15) is 35.3 Å². The van der Waals surface area contributed by atoms with Crippen LogP contribution in [0.5, 0.6) is 0 Å². The first-order valence-electron chi connectivity index (χ1n) is 13.0. The summed E-state index contributed by atoms with van der Waals surface area (Å²) in [7, 11) is 0. The van der Waals surface area contributed by atoms with E-state index in [1.165, 1.54) is 22.9 Å². The van der Waals surface area contributed by atoms with E-state index >= 15 is 0 Å². The molecule has 7 heteroatoms. The lowest BCUT2D eigenvalue weighted by Gasteiger charge is -2.34. The van der Waals surface area contributed by atoms with Crippen LogP contribution in [0, 0.1) is 12.8 Å². The number of fused-ring (bicyclic) bond motifs is 1. The number of thiocarbonyl (C=S) groups is 1. The lowest BCUT2D eigenvalue weighted by atomic mass is 9.90. The number of piperidine rings is 1. The van der Waals surface area contributed by atoms with Crippen molar-refractivity contribution in [1.82, 2.24) is 9.88 Å². The molecule has 0 radical (unpaired) electrons. The highest BCUT2D eigenvalue weighted by molar-refractivity contribution is 8.26. The molecule has 0 N–H and O–H groups in total. The van der Waals surface area contributed by atoms with Crippen molar-refractivity contribution in [2.75, 3.05) is 18.0 Å². The van der Waals surface area contributed by atoms with E-state index in [1.807, 2.05) is 18.2 Å². The molecule has 2 fully saturated rings. The Morgan fingerprint density at radius 1 is 1.08 bits per heavy atom. The number of hydrogen-bond donors (Lipinski definition) is 0. The van der Waals surface area contributed by atoms with Crippen LogP contribution in [0.15, 0.2) is 82.3 Å². The van der Waals surface area contributed by atoms with Crippen LogP contribution >= 0.6 is 24.0 Å². The molecule has 2 aliphatic rings. The molecule has 192 valence electrons. The molecule has 0 unspecified atom stereocenters. The van der Waals surface area contributed by atoms with E-state index < -0.39 is 0 Å². The number of pyridine rings is 1. The number of anilines is 1. The number of benzene rings is 2. The molecule has 5 nitrogen and oxygen atoms in total. The standard InChI is InChI=1S/C31H29N3O2S2/c1-21-9-10-27-24(16-21)18-25(19-28-30(35)34(31(37)38-28)20-26-8-5-15-36-26)29(32-27)33-13-11-23(12-14-33)17-22-6-3-2-4-7-22/h2-10,15-16,18-19,23H,11-14,17,20H2,1H3/b28-19-. The Morgan fingerprint density at radius 3 is 2.66 bits per heavy atom. The highest BCUT2D eigenvalue weighted by Gasteiger charge is 2.33. The van der Waals surface area contributed by atoms with Crippen molar-refractivity contribution in [3.8, 4) is 0 Å². The summed E-state index contributed by atoms with van der Waals surface area (Å²) in [5.41, 5.74) is 4.52. The van der Waals surface area contributed by atoms with Gasteiger partial charge >= 0.3 is 0 Å². The third-order valence-corrected chi connectivity index (χ3v) is 8.69. The van der Waals surface area contributed by atoms with Gasteiger partial charge in [0.1, 0.15) is 15.9 Å². The van der Waals surface area contributed by atoms with E-state index in [4.69, 9.17) is 21.6 Å². The van der Waals surface area contributed by atoms with Crippen molar-refractivity contribution in [2.24, 2.45) is 5.92 Å². The van der Waals surface area contributed by atoms with Crippen LogP contribution in [-0.4, -0.2) is 33.2 Å². The second kappa shape index (κ2) is 10.8. The molecule has 38 heavy (non-hydrogen) atoms. The van der Waals surface area contributed by atoms with Crippen LogP contribution in [0.25, 0.3) is 17.0 Å². The molecule has 2 aliphatic heterocycles. The lowest BCUT2D eigenvalue weighted by molar-refractivity contribution is -0.122. The van der Waals surface area contributed by atoms with Gasteiger partial charge in [-0.15, -0.1) is 0 Å². The minimum Gasteiger partial charge on any atom is -0.467 e. The fourth-order valence-electron chi connectivity index (χ4n) is 5.29. The first-order valence-corrected chi connectivity index (χ1v) is 14.2. The fourth-order valence-corrected chi connectivity index (χ4v) is 6.54. The van der Waals surface area contributed by atoms with Gasteiger partial charge in [-0.3, -0.25) is 9.69 Å². The van der Waals surface area contributed by atoms with Gasteiger partial charge in [0.05, 0.1) is 23.2 Å². The van der Waals surface area contributed by atoms with Crippen molar-refractivity contribution in [1.29, 1.82) is 0 Å². The van der Waals surface area contributed by atoms with Gasteiger partial charge in [-0.2, -0.15) is 0 Å². The molecule has 2 aromatic carbocycles. The van der Waals surface area contributed by atoms with Crippen molar-refractivity contribution >= 4 is 57.0 Å². The number of carbonyl (C=O) groups excluding carboxylic acids is 1. The first-order chi connectivity index (χ1) is 18.5. The van der Waals surface area contributed by atoms with E-state index in [0.29, 0.717) is 27.4 Å². The third-order valence-electron chi connectivity index (χ3n) is 7.31. The number of rotatable bonds is 6. The molecule has 2 aromatic heterocycles. The maximum Gasteiger partial charge on any atom is 0.266 e.